The number of aryl methyl sites for hydroxylation is 1. The number of fused-ring (bicyclic) bond motifs is 3. The average Bonchev–Trinajstić information content (AvgIpc) is 3.81. The Morgan fingerprint density at radius 3 is 2.48 bits per heavy atom. The Bertz CT molecular complexity index is 2340. The fourth-order valence-electron chi connectivity index (χ4n) is 9.60. The van der Waals surface area contributed by atoms with Crippen LogP contribution >= 0.6 is 11.3 Å². The van der Waals surface area contributed by atoms with Gasteiger partial charge in [0.05, 0.1) is 23.0 Å². The highest BCUT2D eigenvalue weighted by atomic mass is 32.2. The number of thiazole rings is 1. The van der Waals surface area contributed by atoms with Crippen molar-refractivity contribution in [3.8, 4) is 17.1 Å². The third-order valence-corrected chi connectivity index (χ3v) is 16.0. The van der Waals surface area contributed by atoms with E-state index in [1.807, 2.05) is 48.7 Å². The number of hydrogen-bond acceptors (Lipinski definition) is 12. The van der Waals surface area contributed by atoms with E-state index in [1.54, 1.807) is 0 Å². The molecule has 6 aliphatic rings. The molecular formula is C45H57N7O8S2. The first kappa shape index (κ1) is 42.5. The summed E-state index contributed by atoms with van der Waals surface area (Å²) >= 11 is 1.54. The van der Waals surface area contributed by atoms with Crippen LogP contribution in [0.5, 0.6) is 5.75 Å². The minimum atomic E-state index is -3.90. The zero-order valence-corrected chi connectivity index (χ0v) is 36.9. The Morgan fingerprint density at radius 1 is 0.919 bits per heavy atom. The molecule has 15 nitrogen and oxygen atoms in total. The standard InChI is InChI=1S/C45H57N7O8S2/c1-27-17-20-33-35(21-27)47-36(37-26-61-43(48-37)46-29-12-7-8-13-29)23-39(33)59-31-22-38-40(53)50-45(42(55)51-62(57,58)32-18-19-32)24-28(45)11-5-3-2-4-6-16-34(41(54)52(38)25-31)49-44(56)60-30-14-9-10-15-30/h5,11,17,20-21,23,26,28-32,34,38H,2-4,6-10,12-16,18-19,22,24-25H2,1H3,(H,46,48)(H,49,56)(H,50,53)(H,51,55)/b11-5-/t28-,31-,34+,38+,45-/m1/s1. The van der Waals surface area contributed by atoms with Crippen LogP contribution in [-0.2, 0) is 29.1 Å². The van der Waals surface area contributed by atoms with Crippen LogP contribution in [0.1, 0.15) is 115 Å². The predicted octanol–water partition coefficient (Wildman–Crippen LogP) is 6.41. The number of pyridine rings is 1. The van der Waals surface area contributed by atoms with Gasteiger partial charge in [0.25, 0.3) is 5.91 Å². The van der Waals surface area contributed by atoms with Crippen LogP contribution in [0, 0.1) is 12.8 Å². The molecule has 1 saturated heterocycles. The summed E-state index contributed by atoms with van der Waals surface area (Å²) in [5, 5.41) is 12.3. The third-order valence-electron chi connectivity index (χ3n) is 13.4. The van der Waals surface area contributed by atoms with Crippen molar-refractivity contribution in [1.82, 2.24) is 30.2 Å². The van der Waals surface area contributed by atoms with Gasteiger partial charge in [0, 0.05) is 35.2 Å². The highest BCUT2D eigenvalue weighted by molar-refractivity contribution is 7.91. The molecule has 0 spiro atoms. The Kier molecular flexibility index (Phi) is 12.2. The first-order valence-electron chi connectivity index (χ1n) is 22.6. The summed E-state index contributed by atoms with van der Waals surface area (Å²) < 4.78 is 40.8. The largest absolute Gasteiger partial charge is 0.488 e. The van der Waals surface area contributed by atoms with Crippen molar-refractivity contribution >= 4 is 61.2 Å². The van der Waals surface area contributed by atoms with E-state index in [4.69, 9.17) is 19.4 Å². The number of carbonyl (C=O) groups is 4. The van der Waals surface area contributed by atoms with E-state index in [2.05, 4.69) is 20.7 Å². The lowest BCUT2D eigenvalue weighted by molar-refractivity contribution is -0.141. The lowest BCUT2D eigenvalue weighted by Crippen LogP contribution is -2.58. The van der Waals surface area contributed by atoms with E-state index in [0.29, 0.717) is 60.8 Å². The van der Waals surface area contributed by atoms with Crippen LogP contribution in [0.3, 0.4) is 0 Å². The molecule has 2 aromatic heterocycles. The molecule has 4 saturated carbocycles. The number of anilines is 1. The first-order valence-corrected chi connectivity index (χ1v) is 25.0. The number of carbonyl (C=O) groups excluding carboxylic acids is 4. The van der Waals surface area contributed by atoms with Gasteiger partial charge in [0.1, 0.15) is 41.3 Å². The predicted molar refractivity (Wildman–Crippen MR) is 235 cm³/mol. The molecule has 2 aliphatic heterocycles. The molecule has 332 valence electrons. The highest BCUT2D eigenvalue weighted by Crippen LogP contribution is 2.46. The zero-order chi connectivity index (χ0) is 43.0. The molecule has 17 heteroatoms. The van der Waals surface area contributed by atoms with E-state index in [-0.39, 0.29) is 25.5 Å². The van der Waals surface area contributed by atoms with Gasteiger partial charge in [0.15, 0.2) is 5.13 Å². The quantitative estimate of drug-likeness (QED) is 0.164. The maximum Gasteiger partial charge on any atom is 0.408 e. The summed E-state index contributed by atoms with van der Waals surface area (Å²) in [7, 11) is -3.90. The minimum Gasteiger partial charge on any atom is -0.488 e. The van der Waals surface area contributed by atoms with Crippen molar-refractivity contribution in [3.63, 3.8) is 0 Å². The molecule has 0 bridgehead atoms. The Balaban J connectivity index is 1.02. The molecule has 0 radical (unpaired) electrons. The van der Waals surface area contributed by atoms with Gasteiger partial charge in [-0.05, 0) is 102 Å². The fraction of sp³-hybridized carbons (Fsp3) is 0.600. The molecule has 5 fully saturated rings. The van der Waals surface area contributed by atoms with Gasteiger partial charge in [-0.15, -0.1) is 11.3 Å². The van der Waals surface area contributed by atoms with Crippen molar-refractivity contribution in [2.75, 3.05) is 11.9 Å². The zero-order valence-electron chi connectivity index (χ0n) is 35.2. The van der Waals surface area contributed by atoms with Crippen LogP contribution in [0.4, 0.5) is 9.93 Å². The number of sulfonamides is 1. The summed E-state index contributed by atoms with van der Waals surface area (Å²) in [6.45, 7) is 2.01. The maximum atomic E-state index is 14.8. The van der Waals surface area contributed by atoms with E-state index >= 15 is 0 Å². The number of ether oxygens (including phenoxy) is 2. The molecule has 0 unspecified atom stereocenters. The fourth-order valence-corrected chi connectivity index (χ4v) is 11.7. The van der Waals surface area contributed by atoms with Crippen molar-refractivity contribution in [2.24, 2.45) is 5.92 Å². The van der Waals surface area contributed by atoms with Gasteiger partial charge in [-0.1, -0.05) is 43.9 Å². The van der Waals surface area contributed by atoms with E-state index in [0.717, 1.165) is 67.4 Å². The molecule has 4 heterocycles. The molecule has 4 aliphatic carbocycles. The highest BCUT2D eigenvalue weighted by Gasteiger charge is 2.62. The number of nitrogens with one attached hydrogen (secondary N) is 4. The molecular weight excluding hydrogens is 831 g/mol. The lowest BCUT2D eigenvalue weighted by atomic mass is 10.0. The van der Waals surface area contributed by atoms with Crippen molar-refractivity contribution in [3.05, 3.63) is 47.4 Å². The van der Waals surface area contributed by atoms with E-state index in [1.165, 1.54) is 29.1 Å². The maximum absolute atomic E-state index is 14.8. The van der Waals surface area contributed by atoms with Gasteiger partial charge in [-0.3, -0.25) is 19.1 Å². The molecule has 1 aromatic carbocycles. The molecule has 5 atom stereocenters. The van der Waals surface area contributed by atoms with Crippen LogP contribution in [0.25, 0.3) is 22.3 Å². The second-order valence-electron chi connectivity index (χ2n) is 18.2. The molecule has 4 amide bonds. The van der Waals surface area contributed by atoms with Gasteiger partial charge in [-0.2, -0.15) is 0 Å². The smallest absolute Gasteiger partial charge is 0.408 e. The van der Waals surface area contributed by atoms with Crippen molar-refractivity contribution in [2.45, 2.75) is 157 Å². The molecule has 4 N–H and O–H groups in total. The second-order valence-corrected chi connectivity index (χ2v) is 21.0. The number of aromatic nitrogens is 2. The summed E-state index contributed by atoms with van der Waals surface area (Å²) in [5.74, 6) is -1.72. The summed E-state index contributed by atoms with van der Waals surface area (Å²) in [4.78, 5) is 68.0. The average molecular weight is 888 g/mol. The van der Waals surface area contributed by atoms with Crippen LogP contribution in [-0.4, -0.2) is 94.8 Å². The number of alkyl carbamates (subject to hydrolysis) is 1. The van der Waals surface area contributed by atoms with Crippen LogP contribution < -0.4 is 25.4 Å². The van der Waals surface area contributed by atoms with Crippen LogP contribution in [0.2, 0.25) is 0 Å². The molecule has 3 aromatic rings. The van der Waals surface area contributed by atoms with E-state index < -0.39 is 68.7 Å². The van der Waals surface area contributed by atoms with Gasteiger partial charge in [-0.25, -0.2) is 23.2 Å². The lowest BCUT2D eigenvalue weighted by Gasteiger charge is -2.30. The van der Waals surface area contributed by atoms with Gasteiger partial charge in [0.2, 0.25) is 21.8 Å². The van der Waals surface area contributed by atoms with Gasteiger partial charge >= 0.3 is 6.09 Å². The normalized spacial score (nSPS) is 28.0. The molecule has 9 rings (SSSR count). The monoisotopic (exact) mass is 887 g/mol. The Hall–Kier alpha value is -4.77. The summed E-state index contributed by atoms with van der Waals surface area (Å²) in [6, 6.07) is 6.11. The summed E-state index contributed by atoms with van der Waals surface area (Å²) in [5.41, 5.74) is 1.56. The third kappa shape index (κ3) is 9.43. The van der Waals surface area contributed by atoms with Crippen molar-refractivity contribution < 1.29 is 37.1 Å². The van der Waals surface area contributed by atoms with Gasteiger partial charge < -0.3 is 30.3 Å². The first-order chi connectivity index (χ1) is 29.9. The van der Waals surface area contributed by atoms with Crippen molar-refractivity contribution in [1.29, 1.82) is 0 Å². The molecule has 62 heavy (non-hydrogen) atoms. The summed E-state index contributed by atoms with van der Waals surface area (Å²) in [6.07, 6.45) is 15.0. The second kappa shape index (κ2) is 17.8. The number of benzene rings is 1. The van der Waals surface area contributed by atoms with E-state index in [9.17, 15) is 27.6 Å². The number of nitrogens with zero attached hydrogens (tertiary/aromatic N) is 3. The number of amides is 4. The number of rotatable bonds is 10. The topological polar surface area (TPSA) is 198 Å². The SMILES string of the molecule is Cc1ccc2c(O[C@@H]3C[C@H]4C(=O)N[C@]5(C(=O)NS(=O)(=O)C6CC6)C[C@H]5/C=C\CCCCC[C@H](NC(=O)OC5CCCC5)C(=O)N4C3)cc(-c3csc(NC4CCCC4)n3)nc2c1. The number of hydrogen-bond donors (Lipinski definition) is 4. The Morgan fingerprint density at radius 2 is 1.69 bits per heavy atom. The van der Waals surface area contributed by atoms with Crippen LogP contribution in [0.15, 0.2) is 41.8 Å². The Labute approximate surface area is 366 Å². The minimum absolute atomic E-state index is 0.0164. The number of allylic oxidation sites excluding steroid dienone is 1.